The van der Waals surface area contributed by atoms with E-state index in [0.29, 0.717) is 13.0 Å². The molecule has 0 radical (unpaired) electrons. The van der Waals surface area contributed by atoms with Crippen molar-refractivity contribution < 1.29 is 14.3 Å². The zero-order valence-electron chi connectivity index (χ0n) is 18.4. The Morgan fingerprint density at radius 1 is 0.909 bits per heavy atom. The lowest BCUT2D eigenvalue weighted by atomic mass is 9.64. The van der Waals surface area contributed by atoms with Crippen molar-refractivity contribution in [1.29, 1.82) is 0 Å². The summed E-state index contributed by atoms with van der Waals surface area (Å²) in [5, 5.41) is 0. The van der Waals surface area contributed by atoms with E-state index in [4.69, 9.17) is 4.74 Å². The summed E-state index contributed by atoms with van der Waals surface area (Å²) in [5.74, 6) is -0.312. The maximum absolute atomic E-state index is 14.5. The Balaban J connectivity index is 1.62. The fraction of sp³-hybridized carbons (Fsp3) is 0.214. The SMILES string of the molecule is C=C[C@@H]1C[C@@]2(C(=O)N(Cc3ccccc3)c3ccccc32)[C@@]2(O1)C(=O)N(C)c1ccccc12. The minimum absolute atomic E-state index is 0.102. The van der Waals surface area contributed by atoms with Gasteiger partial charge >= 0.3 is 0 Å². The van der Waals surface area contributed by atoms with Crippen LogP contribution >= 0.6 is 0 Å². The Bertz CT molecular complexity index is 1300. The minimum atomic E-state index is -1.43. The second-order valence-electron chi connectivity index (χ2n) is 8.96. The zero-order valence-corrected chi connectivity index (χ0v) is 18.4. The Morgan fingerprint density at radius 3 is 2.27 bits per heavy atom. The molecule has 2 amide bonds. The van der Waals surface area contributed by atoms with Gasteiger partial charge in [-0.05, 0) is 29.7 Å². The summed E-state index contributed by atoms with van der Waals surface area (Å²) in [4.78, 5) is 32.0. The molecule has 33 heavy (non-hydrogen) atoms. The number of ether oxygens (including phenoxy) is 1. The van der Waals surface area contributed by atoms with Gasteiger partial charge in [0.05, 0.1) is 18.3 Å². The Morgan fingerprint density at radius 2 is 1.55 bits per heavy atom. The van der Waals surface area contributed by atoms with Gasteiger partial charge in [0.15, 0.2) is 5.60 Å². The van der Waals surface area contributed by atoms with Gasteiger partial charge in [0, 0.05) is 18.3 Å². The molecule has 0 aromatic heterocycles. The molecule has 5 nitrogen and oxygen atoms in total. The number of amides is 2. The van der Waals surface area contributed by atoms with Crippen molar-refractivity contribution in [2.24, 2.45) is 0 Å². The average molecular weight is 437 g/mol. The number of rotatable bonds is 3. The quantitative estimate of drug-likeness (QED) is 0.575. The third-order valence-electron chi connectivity index (χ3n) is 7.40. The van der Waals surface area contributed by atoms with Crippen molar-refractivity contribution in [3.05, 3.63) is 108 Å². The summed E-state index contributed by atoms with van der Waals surface area (Å²) < 4.78 is 6.58. The molecule has 164 valence electrons. The molecule has 0 bridgehead atoms. The highest BCUT2D eigenvalue weighted by Gasteiger charge is 2.75. The van der Waals surface area contributed by atoms with E-state index in [1.165, 1.54) is 0 Å². The maximum atomic E-state index is 14.5. The Labute approximate surface area is 192 Å². The predicted octanol–water partition coefficient (Wildman–Crippen LogP) is 4.32. The molecule has 0 unspecified atom stereocenters. The molecule has 0 aliphatic carbocycles. The van der Waals surface area contributed by atoms with Gasteiger partial charge in [0.25, 0.3) is 5.91 Å². The van der Waals surface area contributed by atoms with Crippen molar-refractivity contribution >= 4 is 23.2 Å². The van der Waals surface area contributed by atoms with Gasteiger partial charge in [-0.25, -0.2) is 0 Å². The molecule has 3 aliphatic heterocycles. The summed E-state index contributed by atoms with van der Waals surface area (Å²) in [5.41, 5.74) is 1.61. The van der Waals surface area contributed by atoms with Crippen molar-refractivity contribution in [1.82, 2.24) is 0 Å². The molecule has 3 heterocycles. The molecule has 6 rings (SSSR count). The number of fused-ring (bicyclic) bond motifs is 5. The highest BCUT2D eigenvalue weighted by Crippen LogP contribution is 2.64. The van der Waals surface area contributed by atoms with E-state index in [-0.39, 0.29) is 11.8 Å². The minimum Gasteiger partial charge on any atom is -0.351 e. The Hall–Kier alpha value is -3.70. The lowest BCUT2D eigenvalue weighted by Crippen LogP contribution is -2.57. The molecule has 3 atom stereocenters. The fourth-order valence-electron chi connectivity index (χ4n) is 5.98. The van der Waals surface area contributed by atoms with Crippen LogP contribution in [0.25, 0.3) is 0 Å². The number of nitrogens with zero attached hydrogens (tertiary/aromatic N) is 2. The average Bonchev–Trinajstić information content (AvgIpc) is 3.41. The first kappa shape index (κ1) is 19.9. The molecule has 3 aliphatic rings. The molecule has 2 spiro atoms. The maximum Gasteiger partial charge on any atom is 0.265 e. The first-order chi connectivity index (χ1) is 16.0. The van der Waals surface area contributed by atoms with Crippen molar-refractivity contribution in [3.63, 3.8) is 0 Å². The number of carbonyl (C=O) groups excluding carboxylic acids is 2. The van der Waals surface area contributed by atoms with Gasteiger partial charge in [-0.3, -0.25) is 9.59 Å². The van der Waals surface area contributed by atoms with E-state index in [1.54, 1.807) is 18.0 Å². The van der Waals surface area contributed by atoms with Gasteiger partial charge in [-0.1, -0.05) is 72.8 Å². The standard InChI is InChI=1S/C28H24N2O3/c1-3-20-17-27(28(33-20)22-14-8-9-15-23(22)29(2)26(28)32)21-13-7-10-16-24(21)30(25(27)31)18-19-11-5-4-6-12-19/h3-16,20H,1,17-18H2,2H3/t20-,27-,28+/m1/s1. The first-order valence-corrected chi connectivity index (χ1v) is 11.2. The summed E-state index contributed by atoms with van der Waals surface area (Å²) in [6, 6.07) is 25.4. The highest BCUT2D eigenvalue weighted by molar-refractivity contribution is 6.18. The third-order valence-corrected chi connectivity index (χ3v) is 7.40. The van der Waals surface area contributed by atoms with E-state index in [1.807, 2.05) is 83.8 Å². The van der Waals surface area contributed by atoms with Crippen LogP contribution in [0.3, 0.4) is 0 Å². The summed E-state index contributed by atoms with van der Waals surface area (Å²) in [7, 11) is 1.75. The van der Waals surface area contributed by atoms with Crippen molar-refractivity contribution in [2.45, 2.75) is 30.1 Å². The Kier molecular flexibility index (Phi) is 4.17. The number of likely N-dealkylation sites (N-methyl/N-ethyl adjacent to an activating group) is 1. The molecule has 3 aromatic carbocycles. The van der Waals surface area contributed by atoms with E-state index in [0.717, 1.165) is 28.1 Å². The molecular weight excluding hydrogens is 412 g/mol. The van der Waals surface area contributed by atoms with Gasteiger partial charge in [-0.15, -0.1) is 6.58 Å². The molecule has 0 N–H and O–H groups in total. The van der Waals surface area contributed by atoms with E-state index in [2.05, 4.69) is 6.58 Å². The molecule has 1 saturated heterocycles. The van der Waals surface area contributed by atoms with Crippen LogP contribution in [-0.4, -0.2) is 25.0 Å². The largest absolute Gasteiger partial charge is 0.351 e. The third kappa shape index (κ3) is 2.35. The second-order valence-corrected chi connectivity index (χ2v) is 8.96. The van der Waals surface area contributed by atoms with E-state index in [9.17, 15) is 9.59 Å². The normalized spacial score (nSPS) is 27.5. The fourth-order valence-corrected chi connectivity index (χ4v) is 5.98. The van der Waals surface area contributed by atoms with Crippen LogP contribution in [-0.2, 0) is 31.9 Å². The van der Waals surface area contributed by atoms with Crippen molar-refractivity contribution in [3.8, 4) is 0 Å². The number of anilines is 2. The first-order valence-electron chi connectivity index (χ1n) is 11.2. The lowest BCUT2D eigenvalue weighted by Gasteiger charge is -2.37. The second kappa shape index (κ2) is 6.90. The van der Waals surface area contributed by atoms with Gasteiger partial charge < -0.3 is 14.5 Å². The van der Waals surface area contributed by atoms with Gasteiger partial charge in [-0.2, -0.15) is 0 Å². The van der Waals surface area contributed by atoms with Crippen LogP contribution in [0.4, 0.5) is 11.4 Å². The molecule has 0 saturated carbocycles. The van der Waals surface area contributed by atoms with Crippen LogP contribution in [0.1, 0.15) is 23.1 Å². The number of carbonyl (C=O) groups is 2. The summed E-state index contributed by atoms with van der Waals surface area (Å²) in [6.07, 6.45) is 1.65. The lowest BCUT2D eigenvalue weighted by molar-refractivity contribution is -0.151. The predicted molar refractivity (Wildman–Crippen MR) is 127 cm³/mol. The van der Waals surface area contributed by atoms with E-state index >= 15 is 0 Å². The smallest absolute Gasteiger partial charge is 0.265 e. The van der Waals surface area contributed by atoms with Crippen molar-refractivity contribution in [2.75, 3.05) is 16.8 Å². The number of benzene rings is 3. The van der Waals surface area contributed by atoms with Crippen LogP contribution in [0.2, 0.25) is 0 Å². The zero-order chi connectivity index (χ0) is 22.8. The van der Waals surface area contributed by atoms with Gasteiger partial charge in [0.1, 0.15) is 5.41 Å². The summed E-state index contributed by atoms with van der Waals surface area (Å²) in [6.45, 7) is 4.37. The van der Waals surface area contributed by atoms with Crippen LogP contribution < -0.4 is 9.80 Å². The summed E-state index contributed by atoms with van der Waals surface area (Å²) >= 11 is 0. The number of hydrogen-bond donors (Lipinski definition) is 0. The van der Waals surface area contributed by atoms with Crippen LogP contribution in [0, 0.1) is 0 Å². The molecule has 5 heteroatoms. The number of para-hydroxylation sites is 2. The van der Waals surface area contributed by atoms with Crippen LogP contribution in [0.15, 0.2) is 91.5 Å². The topological polar surface area (TPSA) is 49.9 Å². The highest BCUT2D eigenvalue weighted by atomic mass is 16.5. The van der Waals surface area contributed by atoms with Crippen LogP contribution in [0.5, 0.6) is 0 Å². The van der Waals surface area contributed by atoms with Gasteiger partial charge in [0.2, 0.25) is 5.91 Å². The number of hydrogen-bond acceptors (Lipinski definition) is 3. The van der Waals surface area contributed by atoms with E-state index < -0.39 is 17.1 Å². The molecule has 3 aromatic rings. The molecule has 1 fully saturated rings. The monoisotopic (exact) mass is 436 g/mol. The molecular formula is C28H24N2O3.